The van der Waals surface area contributed by atoms with E-state index in [2.05, 4.69) is 49.7 Å². The van der Waals surface area contributed by atoms with Crippen LogP contribution in [-0.2, 0) is 0 Å². The molecule has 0 N–H and O–H groups in total. The predicted molar refractivity (Wildman–Crippen MR) is 146 cm³/mol. The zero-order valence-corrected chi connectivity index (χ0v) is 23.4. The van der Waals surface area contributed by atoms with E-state index in [4.69, 9.17) is 0 Å². The normalized spacial score (nSPS) is 13.5. The summed E-state index contributed by atoms with van der Waals surface area (Å²) in [5.41, 5.74) is 0. The first-order valence-corrected chi connectivity index (χ1v) is 19.0. The molecule has 0 aromatic carbocycles. The molecule has 2 heteroatoms. The summed E-state index contributed by atoms with van der Waals surface area (Å²) in [4.78, 5) is 0. The number of unbranched alkanes of at least 4 members (excludes halogenated alkanes) is 15. The van der Waals surface area contributed by atoms with Crippen molar-refractivity contribution in [3.63, 3.8) is 0 Å². The summed E-state index contributed by atoms with van der Waals surface area (Å²) in [5.74, 6) is 0. The van der Waals surface area contributed by atoms with Crippen molar-refractivity contribution in [2.45, 2.75) is 143 Å². The fourth-order valence-corrected chi connectivity index (χ4v) is 12.4. The maximum atomic E-state index is 3.11. The number of hydrogen-bond acceptors (Lipinski definition) is 0. The second kappa shape index (κ2) is 18.9. The standard InChI is InChI=1S/C26H56IP/c1-5-9-12-15-18-21-24-28(27,8-4,25-22-19-16-13-10-6-2)26-23-20-17-14-11-7-3/h5-26H2,1-4H3. The molecule has 0 radical (unpaired) electrons. The van der Waals surface area contributed by atoms with E-state index in [0.717, 1.165) is 0 Å². The van der Waals surface area contributed by atoms with Crippen LogP contribution in [0.25, 0.3) is 0 Å². The van der Waals surface area contributed by atoms with Crippen LogP contribution in [0.2, 0.25) is 0 Å². The van der Waals surface area contributed by atoms with Crippen molar-refractivity contribution < 1.29 is 0 Å². The number of rotatable bonds is 22. The molecule has 172 valence electrons. The van der Waals surface area contributed by atoms with E-state index in [1.165, 1.54) is 122 Å². The van der Waals surface area contributed by atoms with Gasteiger partial charge in [0.25, 0.3) is 0 Å². The summed E-state index contributed by atoms with van der Waals surface area (Å²) in [6.07, 6.45) is 32.6. The summed E-state index contributed by atoms with van der Waals surface area (Å²) in [6.45, 7) is 9.54. The first-order chi connectivity index (χ1) is 13.5. The van der Waals surface area contributed by atoms with Crippen molar-refractivity contribution in [1.29, 1.82) is 0 Å². The summed E-state index contributed by atoms with van der Waals surface area (Å²) < 4.78 is -1.49. The van der Waals surface area contributed by atoms with Crippen molar-refractivity contribution in [2.24, 2.45) is 0 Å². The fraction of sp³-hybridized carbons (Fsp3) is 1.00. The Balaban J connectivity index is 4.51. The molecule has 0 heterocycles. The third kappa shape index (κ3) is 15.0. The number of halogens is 1. The zero-order valence-electron chi connectivity index (χ0n) is 20.4. The van der Waals surface area contributed by atoms with Crippen molar-refractivity contribution in [3.8, 4) is 0 Å². The average Bonchev–Trinajstić information content (AvgIpc) is 2.70. The van der Waals surface area contributed by atoms with Gasteiger partial charge in [-0.2, -0.15) is 0 Å². The van der Waals surface area contributed by atoms with E-state index < -0.39 is 4.25 Å². The fourth-order valence-electron chi connectivity index (χ4n) is 4.67. The molecule has 0 atom stereocenters. The molecule has 0 aliphatic rings. The Bertz CT molecular complexity index is 285. The van der Waals surface area contributed by atoms with E-state index in [0.29, 0.717) is 0 Å². The molecule has 0 spiro atoms. The van der Waals surface area contributed by atoms with Crippen molar-refractivity contribution in [2.75, 3.05) is 24.6 Å². The third-order valence-electron chi connectivity index (χ3n) is 7.00. The number of hydrogen-bond donors (Lipinski definition) is 0. The Labute approximate surface area is 193 Å². The van der Waals surface area contributed by atoms with Crippen LogP contribution in [0.3, 0.4) is 0 Å². The quantitative estimate of drug-likeness (QED) is 0.0748. The van der Waals surface area contributed by atoms with E-state index in [9.17, 15) is 0 Å². The Hall–Kier alpha value is 1.16. The van der Waals surface area contributed by atoms with Gasteiger partial charge in [0.1, 0.15) is 0 Å². The van der Waals surface area contributed by atoms with Gasteiger partial charge in [-0.15, -0.1) is 0 Å². The van der Waals surface area contributed by atoms with Gasteiger partial charge in [-0.05, 0) is 0 Å². The van der Waals surface area contributed by atoms with Crippen LogP contribution >= 0.6 is 26.3 Å². The minimum atomic E-state index is -1.49. The monoisotopic (exact) mass is 526 g/mol. The molecule has 0 fully saturated rings. The van der Waals surface area contributed by atoms with Crippen LogP contribution in [0.4, 0.5) is 0 Å². The average molecular weight is 527 g/mol. The van der Waals surface area contributed by atoms with Crippen LogP contribution < -0.4 is 0 Å². The van der Waals surface area contributed by atoms with Crippen molar-refractivity contribution >= 4 is 26.3 Å². The summed E-state index contributed by atoms with van der Waals surface area (Å²) in [6, 6.07) is 0. The topological polar surface area (TPSA) is 0 Å². The Kier molecular flexibility index (Phi) is 19.7. The third-order valence-corrected chi connectivity index (χ3v) is 19.3. The second-order valence-electron chi connectivity index (χ2n) is 9.61. The Morgan fingerprint density at radius 1 is 0.393 bits per heavy atom. The molecular weight excluding hydrogens is 470 g/mol. The van der Waals surface area contributed by atoms with Gasteiger partial charge in [-0.1, -0.05) is 0 Å². The SMILES string of the molecule is CCCCCCCCP(I)(CC)(CCCCCCCC)CCCCCCCC. The molecule has 0 bridgehead atoms. The molecule has 0 amide bonds. The summed E-state index contributed by atoms with van der Waals surface area (Å²) in [7, 11) is 0. The minimum absolute atomic E-state index is 1.37. The van der Waals surface area contributed by atoms with Crippen molar-refractivity contribution in [3.05, 3.63) is 0 Å². The molecule has 0 saturated carbocycles. The second-order valence-corrected chi connectivity index (χ2v) is 23.4. The van der Waals surface area contributed by atoms with Gasteiger partial charge in [0.05, 0.1) is 0 Å². The Morgan fingerprint density at radius 3 is 0.893 bits per heavy atom. The van der Waals surface area contributed by atoms with Gasteiger partial charge in [0, 0.05) is 0 Å². The molecule has 0 saturated heterocycles. The molecule has 0 nitrogen and oxygen atoms in total. The van der Waals surface area contributed by atoms with Gasteiger partial charge < -0.3 is 0 Å². The molecule has 0 aromatic rings. The van der Waals surface area contributed by atoms with Gasteiger partial charge in [-0.25, -0.2) is 0 Å². The van der Waals surface area contributed by atoms with Gasteiger partial charge in [0.2, 0.25) is 0 Å². The van der Waals surface area contributed by atoms with Gasteiger partial charge in [0.15, 0.2) is 0 Å². The van der Waals surface area contributed by atoms with Crippen LogP contribution in [0, 0.1) is 0 Å². The molecule has 0 aliphatic heterocycles. The molecule has 0 aliphatic carbocycles. The summed E-state index contributed by atoms with van der Waals surface area (Å²) in [5, 5.41) is 0. The van der Waals surface area contributed by atoms with E-state index in [-0.39, 0.29) is 0 Å². The van der Waals surface area contributed by atoms with E-state index in [1.54, 1.807) is 18.5 Å². The van der Waals surface area contributed by atoms with Crippen LogP contribution in [0.15, 0.2) is 0 Å². The maximum absolute atomic E-state index is 3.11. The van der Waals surface area contributed by atoms with E-state index >= 15 is 0 Å². The first kappa shape index (κ1) is 29.2. The van der Waals surface area contributed by atoms with Gasteiger partial charge >= 0.3 is 194 Å². The first-order valence-electron chi connectivity index (χ1n) is 13.3. The van der Waals surface area contributed by atoms with Crippen LogP contribution in [0.5, 0.6) is 0 Å². The molecular formula is C26H56IP. The molecule has 0 rings (SSSR count). The zero-order chi connectivity index (χ0) is 21.0. The van der Waals surface area contributed by atoms with Crippen LogP contribution in [0.1, 0.15) is 143 Å². The molecule has 0 unspecified atom stereocenters. The molecule has 28 heavy (non-hydrogen) atoms. The Morgan fingerprint density at radius 2 is 0.643 bits per heavy atom. The van der Waals surface area contributed by atoms with Crippen LogP contribution in [-0.4, -0.2) is 24.6 Å². The summed E-state index contributed by atoms with van der Waals surface area (Å²) >= 11 is 3.11. The van der Waals surface area contributed by atoms with Crippen molar-refractivity contribution in [1.82, 2.24) is 0 Å². The van der Waals surface area contributed by atoms with E-state index in [1.807, 2.05) is 0 Å². The van der Waals surface area contributed by atoms with Gasteiger partial charge in [-0.3, -0.25) is 0 Å². The predicted octanol–water partition coefficient (Wildman–Crippen LogP) is 11.0. The molecule has 0 aromatic heterocycles.